The maximum Gasteiger partial charge on any atom is 0.262 e. The monoisotopic (exact) mass is 471 g/mol. The van der Waals surface area contributed by atoms with Crippen LogP contribution in [0, 0.1) is 0 Å². The van der Waals surface area contributed by atoms with Gasteiger partial charge in [0.25, 0.3) is 5.56 Å². The van der Waals surface area contributed by atoms with Crippen LogP contribution in [-0.2, 0) is 16.1 Å². The Morgan fingerprint density at radius 3 is 3.00 bits per heavy atom. The summed E-state index contributed by atoms with van der Waals surface area (Å²) in [6, 6.07) is 3.58. The number of hydrogen-bond acceptors (Lipinski definition) is 5. The zero-order valence-electron chi connectivity index (χ0n) is 13.8. The van der Waals surface area contributed by atoms with Crippen LogP contribution in [0.3, 0.4) is 0 Å². The lowest BCUT2D eigenvalue weighted by molar-refractivity contribution is -0.121. The Morgan fingerprint density at radius 1 is 1.44 bits per heavy atom. The first-order valence-electron chi connectivity index (χ1n) is 8.11. The van der Waals surface area contributed by atoms with E-state index in [1.807, 2.05) is 0 Å². The van der Waals surface area contributed by atoms with Crippen molar-refractivity contribution in [3.05, 3.63) is 37.8 Å². The van der Waals surface area contributed by atoms with E-state index in [0.717, 1.165) is 23.9 Å². The summed E-state index contributed by atoms with van der Waals surface area (Å²) in [5.74, 6) is -0.0158. The maximum absolute atomic E-state index is 12.7. The minimum absolute atomic E-state index is 0.00180. The van der Waals surface area contributed by atoms with Crippen LogP contribution in [0.5, 0.6) is 0 Å². The molecule has 2 unspecified atom stereocenters. The molecule has 0 spiro atoms. The number of carbonyl (C=O) groups is 1. The predicted octanol–water partition coefficient (Wildman–Crippen LogP) is 2.65. The van der Waals surface area contributed by atoms with Crippen LogP contribution in [0.2, 0.25) is 0 Å². The van der Waals surface area contributed by atoms with Crippen molar-refractivity contribution in [1.29, 1.82) is 0 Å². The highest BCUT2D eigenvalue weighted by molar-refractivity contribution is 9.11. The lowest BCUT2D eigenvalue weighted by atomic mass is 9.96. The van der Waals surface area contributed by atoms with E-state index in [1.54, 1.807) is 19.2 Å². The van der Waals surface area contributed by atoms with Gasteiger partial charge in [-0.2, -0.15) is 0 Å². The summed E-state index contributed by atoms with van der Waals surface area (Å²) in [6.07, 6.45) is 3.80. The Balaban J connectivity index is 1.79. The molecule has 25 heavy (non-hydrogen) atoms. The molecule has 0 aliphatic carbocycles. The first-order chi connectivity index (χ1) is 12.0. The molecule has 8 heteroatoms. The molecular formula is C17H19Br2N3O3. The maximum atomic E-state index is 12.7. The Kier molecular flexibility index (Phi) is 6.04. The number of ketones is 1. The van der Waals surface area contributed by atoms with Gasteiger partial charge < -0.3 is 10.1 Å². The summed E-state index contributed by atoms with van der Waals surface area (Å²) in [7, 11) is 1.67. The van der Waals surface area contributed by atoms with Gasteiger partial charge in [-0.05, 0) is 47.4 Å². The van der Waals surface area contributed by atoms with Crippen molar-refractivity contribution >= 4 is 48.5 Å². The van der Waals surface area contributed by atoms with Crippen molar-refractivity contribution in [1.82, 2.24) is 14.9 Å². The van der Waals surface area contributed by atoms with Crippen molar-refractivity contribution in [2.75, 3.05) is 13.7 Å². The number of aromatic nitrogens is 2. The molecule has 134 valence electrons. The molecule has 0 saturated carbocycles. The van der Waals surface area contributed by atoms with Gasteiger partial charge in [-0.15, -0.1) is 0 Å². The van der Waals surface area contributed by atoms with Crippen LogP contribution in [0.25, 0.3) is 10.9 Å². The average Bonchev–Trinajstić information content (AvgIpc) is 2.57. The minimum Gasteiger partial charge on any atom is -0.380 e. The summed E-state index contributed by atoms with van der Waals surface area (Å²) in [6.45, 7) is 0.899. The lowest BCUT2D eigenvalue weighted by Gasteiger charge is -2.31. The first-order valence-corrected chi connectivity index (χ1v) is 9.70. The number of fused-ring (bicyclic) bond motifs is 1. The molecule has 1 aromatic carbocycles. The molecule has 2 heterocycles. The molecule has 1 aromatic heterocycles. The summed E-state index contributed by atoms with van der Waals surface area (Å²) in [5.41, 5.74) is 0.362. The van der Waals surface area contributed by atoms with Crippen LogP contribution >= 0.6 is 31.9 Å². The molecule has 1 fully saturated rings. The van der Waals surface area contributed by atoms with Crippen LogP contribution in [0.1, 0.15) is 19.3 Å². The number of nitrogens with zero attached hydrogens (tertiary/aromatic N) is 2. The first kappa shape index (κ1) is 18.7. The zero-order chi connectivity index (χ0) is 18.0. The third kappa shape index (κ3) is 4.19. The van der Waals surface area contributed by atoms with E-state index in [-0.39, 0.29) is 30.0 Å². The van der Waals surface area contributed by atoms with Crippen molar-refractivity contribution in [2.45, 2.75) is 38.0 Å². The van der Waals surface area contributed by atoms with Gasteiger partial charge in [0.05, 0.1) is 29.9 Å². The zero-order valence-corrected chi connectivity index (χ0v) is 17.0. The number of Topliss-reactive ketones (excluding diaryl/α,β-unsaturated/α-hetero) is 1. The molecule has 2 aromatic rings. The smallest absolute Gasteiger partial charge is 0.262 e. The molecule has 0 amide bonds. The number of rotatable bonds is 5. The summed E-state index contributed by atoms with van der Waals surface area (Å²) in [5, 5.41) is 3.81. The van der Waals surface area contributed by atoms with Gasteiger partial charge in [0.2, 0.25) is 0 Å². The van der Waals surface area contributed by atoms with E-state index < -0.39 is 0 Å². The predicted molar refractivity (Wildman–Crippen MR) is 103 cm³/mol. The highest BCUT2D eigenvalue weighted by atomic mass is 79.9. The fourth-order valence-corrected chi connectivity index (χ4v) is 4.60. The number of methoxy groups -OCH3 is 1. The van der Waals surface area contributed by atoms with Crippen LogP contribution in [0.4, 0.5) is 0 Å². The SMILES string of the molecule is COC1CCCNC1CC(=O)Cn1cnc2cc(Br)cc(Br)c2c1=O. The van der Waals surface area contributed by atoms with Gasteiger partial charge in [0.1, 0.15) is 0 Å². The Morgan fingerprint density at radius 2 is 2.24 bits per heavy atom. The van der Waals surface area contributed by atoms with E-state index >= 15 is 0 Å². The Hall–Kier alpha value is -1.09. The molecular weight excluding hydrogens is 454 g/mol. The topological polar surface area (TPSA) is 73.2 Å². The molecule has 1 aliphatic rings. The van der Waals surface area contributed by atoms with Crippen LogP contribution in [-0.4, -0.2) is 41.1 Å². The molecule has 1 N–H and O–H groups in total. The number of piperidine rings is 1. The van der Waals surface area contributed by atoms with Gasteiger partial charge in [0.15, 0.2) is 5.78 Å². The van der Waals surface area contributed by atoms with E-state index in [0.29, 0.717) is 21.8 Å². The fourth-order valence-electron chi connectivity index (χ4n) is 3.22. The van der Waals surface area contributed by atoms with Crippen LogP contribution in [0.15, 0.2) is 32.2 Å². The highest BCUT2D eigenvalue weighted by Gasteiger charge is 2.26. The van der Waals surface area contributed by atoms with Gasteiger partial charge in [-0.25, -0.2) is 4.98 Å². The minimum atomic E-state index is -0.224. The number of hydrogen-bond donors (Lipinski definition) is 1. The van der Waals surface area contributed by atoms with Gasteiger partial charge in [0, 0.05) is 28.5 Å². The quantitative estimate of drug-likeness (QED) is 0.724. The number of benzene rings is 1. The number of ether oxygens (including phenoxy) is 1. The Bertz CT molecular complexity index is 853. The second kappa shape index (κ2) is 8.07. The average molecular weight is 473 g/mol. The summed E-state index contributed by atoms with van der Waals surface area (Å²) in [4.78, 5) is 29.5. The summed E-state index contributed by atoms with van der Waals surface area (Å²) >= 11 is 6.78. The van der Waals surface area contributed by atoms with Gasteiger partial charge in [-0.3, -0.25) is 14.2 Å². The Labute approximate surface area is 162 Å². The van der Waals surface area contributed by atoms with E-state index in [4.69, 9.17) is 4.74 Å². The highest BCUT2D eigenvalue weighted by Crippen LogP contribution is 2.24. The lowest BCUT2D eigenvalue weighted by Crippen LogP contribution is -2.47. The van der Waals surface area contributed by atoms with E-state index in [9.17, 15) is 9.59 Å². The standard InChI is InChI=1S/C17H19Br2N3O3/c1-25-15-3-2-4-20-13(15)7-11(23)8-22-9-21-14-6-10(18)5-12(19)16(14)17(22)24/h5-6,9,13,15,20H,2-4,7-8H2,1H3. The third-order valence-electron chi connectivity index (χ3n) is 4.46. The third-order valence-corrected chi connectivity index (χ3v) is 5.55. The molecule has 0 radical (unpaired) electrons. The van der Waals surface area contributed by atoms with E-state index in [2.05, 4.69) is 42.2 Å². The second-order valence-corrected chi connectivity index (χ2v) is 7.95. The number of nitrogens with one attached hydrogen (secondary N) is 1. The van der Waals surface area contributed by atoms with Gasteiger partial charge in [-0.1, -0.05) is 15.9 Å². The molecule has 6 nitrogen and oxygen atoms in total. The summed E-state index contributed by atoms with van der Waals surface area (Å²) < 4.78 is 8.32. The molecule has 1 aliphatic heterocycles. The van der Waals surface area contributed by atoms with Crippen molar-refractivity contribution < 1.29 is 9.53 Å². The second-order valence-electron chi connectivity index (χ2n) is 6.18. The number of halogens is 2. The molecule has 0 bridgehead atoms. The van der Waals surface area contributed by atoms with E-state index in [1.165, 1.54) is 10.9 Å². The molecule has 1 saturated heterocycles. The largest absolute Gasteiger partial charge is 0.380 e. The van der Waals surface area contributed by atoms with Crippen molar-refractivity contribution in [3.63, 3.8) is 0 Å². The number of carbonyl (C=O) groups excluding carboxylic acids is 1. The van der Waals surface area contributed by atoms with Crippen LogP contribution < -0.4 is 10.9 Å². The normalized spacial score (nSPS) is 20.8. The van der Waals surface area contributed by atoms with Crippen molar-refractivity contribution in [3.8, 4) is 0 Å². The molecule has 2 atom stereocenters. The fraction of sp³-hybridized carbons (Fsp3) is 0.471. The van der Waals surface area contributed by atoms with Crippen molar-refractivity contribution in [2.24, 2.45) is 0 Å². The van der Waals surface area contributed by atoms with Gasteiger partial charge >= 0.3 is 0 Å². The molecule has 3 rings (SSSR count).